The van der Waals surface area contributed by atoms with E-state index in [2.05, 4.69) is 39.5 Å². The van der Waals surface area contributed by atoms with E-state index in [1.54, 1.807) is 18.4 Å². The zero-order valence-electron chi connectivity index (χ0n) is 16.0. The van der Waals surface area contributed by atoms with Crippen LogP contribution in [0.2, 0.25) is 0 Å². The number of anilines is 1. The van der Waals surface area contributed by atoms with Gasteiger partial charge in [0.05, 0.1) is 23.5 Å². The minimum absolute atomic E-state index is 0.509. The lowest BCUT2D eigenvalue weighted by Crippen LogP contribution is -2.33. The van der Waals surface area contributed by atoms with Crippen molar-refractivity contribution in [2.24, 2.45) is 0 Å². The maximum Gasteiger partial charge on any atom is 0.151 e. The molecule has 1 aliphatic heterocycles. The Balaban J connectivity index is 1.46. The first-order chi connectivity index (χ1) is 13.2. The molecule has 0 radical (unpaired) electrons. The van der Waals surface area contributed by atoms with Crippen LogP contribution in [0.3, 0.4) is 0 Å². The van der Waals surface area contributed by atoms with Gasteiger partial charge in [-0.05, 0) is 50.5 Å². The van der Waals surface area contributed by atoms with Crippen molar-refractivity contribution in [3.8, 4) is 17.0 Å². The summed E-state index contributed by atoms with van der Waals surface area (Å²) in [5, 5.41) is 12.0. The van der Waals surface area contributed by atoms with Crippen LogP contribution in [0.15, 0.2) is 35.7 Å². The lowest BCUT2D eigenvalue weighted by Gasteiger charge is -2.31. The Kier molecular flexibility index (Phi) is 5.07. The van der Waals surface area contributed by atoms with Crippen LogP contribution in [-0.2, 0) is 0 Å². The highest BCUT2D eigenvalue weighted by Crippen LogP contribution is 2.36. The van der Waals surface area contributed by atoms with E-state index in [4.69, 9.17) is 9.72 Å². The fourth-order valence-electron chi connectivity index (χ4n) is 3.50. The predicted molar refractivity (Wildman–Crippen MR) is 110 cm³/mol. The molecule has 0 aliphatic carbocycles. The number of piperidine rings is 1. The number of hydrogen-bond acceptors (Lipinski definition) is 6. The standard InChI is InChI=1S/C21H24N4OS/c1-14-12-20(24-23-15(14)2)25-10-8-16(9-11-25)21-22-18(13-27-21)17-6-4-5-7-19(17)26-3/h4-7,12-13,16H,8-11H2,1-3H3. The molecule has 0 amide bonds. The molecule has 1 fully saturated rings. The van der Waals surface area contributed by atoms with Crippen LogP contribution in [-0.4, -0.2) is 35.4 Å². The Labute approximate surface area is 164 Å². The molecule has 0 bridgehead atoms. The molecular formula is C21H24N4OS. The molecule has 2 aromatic heterocycles. The molecule has 0 atom stereocenters. The third kappa shape index (κ3) is 3.67. The molecule has 1 aromatic carbocycles. The van der Waals surface area contributed by atoms with E-state index in [9.17, 15) is 0 Å². The maximum atomic E-state index is 5.48. The van der Waals surface area contributed by atoms with Gasteiger partial charge in [0.2, 0.25) is 0 Å². The Bertz CT molecular complexity index is 931. The molecule has 0 saturated carbocycles. The van der Waals surface area contributed by atoms with Gasteiger partial charge >= 0.3 is 0 Å². The number of thiazole rings is 1. The summed E-state index contributed by atoms with van der Waals surface area (Å²) in [5.41, 5.74) is 4.27. The lowest BCUT2D eigenvalue weighted by atomic mass is 9.97. The van der Waals surface area contributed by atoms with E-state index in [1.165, 1.54) is 10.6 Å². The van der Waals surface area contributed by atoms with Crippen LogP contribution in [0.25, 0.3) is 11.3 Å². The van der Waals surface area contributed by atoms with Crippen LogP contribution in [0.4, 0.5) is 5.82 Å². The number of rotatable bonds is 4. The minimum Gasteiger partial charge on any atom is -0.496 e. The van der Waals surface area contributed by atoms with Crippen molar-refractivity contribution < 1.29 is 4.74 Å². The molecule has 3 heterocycles. The second kappa shape index (κ2) is 7.64. The van der Waals surface area contributed by atoms with Crippen LogP contribution in [0, 0.1) is 13.8 Å². The molecule has 4 rings (SSSR count). The summed E-state index contributed by atoms with van der Waals surface area (Å²) in [6, 6.07) is 10.2. The Morgan fingerprint density at radius 2 is 1.89 bits per heavy atom. The number of ether oxygens (including phenoxy) is 1. The van der Waals surface area contributed by atoms with Crippen molar-refractivity contribution in [1.82, 2.24) is 15.2 Å². The van der Waals surface area contributed by atoms with Gasteiger partial charge in [-0.1, -0.05) is 12.1 Å². The average molecular weight is 381 g/mol. The summed E-state index contributed by atoms with van der Waals surface area (Å²) >= 11 is 1.76. The Hall–Kier alpha value is -2.47. The van der Waals surface area contributed by atoms with Crippen LogP contribution >= 0.6 is 11.3 Å². The first-order valence-corrected chi connectivity index (χ1v) is 10.2. The smallest absolute Gasteiger partial charge is 0.151 e. The van der Waals surface area contributed by atoms with Gasteiger partial charge in [-0.2, -0.15) is 5.10 Å². The average Bonchev–Trinajstić information content (AvgIpc) is 3.20. The largest absolute Gasteiger partial charge is 0.496 e. The number of hydrogen-bond donors (Lipinski definition) is 0. The van der Waals surface area contributed by atoms with Crippen LogP contribution in [0.5, 0.6) is 5.75 Å². The fourth-order valence-corrected chi connectivity index (χ4v) is 4.49. The van der Waals surface area contributed by atoms with Gasteiger partial charge in [0.1, 0.15) is 5.75 Å². The molecular weight excluding hydrogens is 356 g/mol. The number of aryl methyl sites for hydroxylation is 2. The van der Waals surface area contributed by atoms with Crippen LogP contribution in [0.1, 0.15) is 35.0 Å². The maximum absolute atomic E-state index is 5.48. The summed E-state index contributed by atoms with van der Waals surface area (Å²) in [4.78, 5) is 7.27. The highest BCUT2D eigenvalue weighted by Gasteiger charge is 2.24. The molecule has 3 aromatic rings. The lowest BCUT2D eigenvalue weighted by molar-refractivity contribution is 0.416. The summed E-state index contributed by atoms with van der Waals surface area (Å²) in [6.07, 6.45) is 2.18. The number of nitrogens with zero attached hydrogens (tertiary/aromatic N) is 4. The van der Waals surface area contributed by atoms with Gasteiger partial charge in [0, 0.05) is 30.0 Å². The van der Waals surface area contributed by atoms with E-state index >= 15 is 0 Å². The molecule has 1 aliphatic rings. The molecule has 0 unspecified atom stereocenters. The zero-order chi connectivity index (χ0) is 18.8. The molecule has 0 spiro atoms. The number of methoxy groups -OCH3 is 1. The van der Waals surface area contributed by atoms with E-state index in [0.29, 0.717) is 5.92 Å². The Morgan fingerprint density at radius 3 is 2.63 bits per heavy atom. The first-order valence-electron chi connectivity index (χ1n) is 9.30. The van der Waals surface area contributed by atoms with Gasteiger partial charge in [-0.3, -0.25) is 0 Å². The third-order valence-corrected chi connectivity index (χ3v) is 6.30. The zero-order valence-corrected chi connectivity index (χ0v) is 16.8. The van der Waals surface area contributed by atoms with Gasteiger partial charge in [0.25, 0.3) is 0 Å². The summed E-state index contributed by atoms with van der Waals surface area (Å²) in [7, 11) is 1.71. The number of aromatic nitrogens is 3. The first kappa shape index (κ1) is 17.9. The second-order valence-electron chi connectivity index (χ2n) is 7.00. The molecule has 1 saturated heterocycles. The quantitative estimate of drug-likeness (QED) is 0.661. The van der Waals surface area contributed by atoms with Crippen molar-refractivity contribution in [2.45, 2.75) is 32.6 Å². The van der Waals surface area contributed by atoms with E-state index < -0.39 is 0 Å². The van der Waals surface area contributed by atoms with Gasteiger partial charge in [-0.15, -0.1) is 16.4 Å². The summed E-state index contributed by atoms with van der Waals surface area (Å²) in [6.45, 7) is 6.08. The second-order valence-corrected chi connectivity index (χ2v) is 7.89. The van der Waals surface area contributed by atoms with Gasteiger partial charge in [-0.25, -0.2) is 4.98 Å². The highest BCUT2D eigenvalue weighted by molar-refractivity contribution is 7.10. The van der Waals surface area contributed by atoms with Crippen molar-refractivity contribution in [3.05, 3.63) is 52.0 Å². The molecule has 5 nitrogen and oxygen atoms in total. The van der Waals surface area contributed by atoms with Crippen molar-refractivity contribution >= 4 is 17.2 Å². The number of benzene rings is 1. The van der Waals surface area contributed by atoms with Crippen molar-refractivity contribution in [3.63, 3.8) is 0 Å². The predicted octanol–water partition coefficient (Wildman–Crippen LogP) is 4.61. The molecule has 140 valence electrons. The van der Waals surface area contributed by atoms with Gasteiger partial charge < -0.3 is 9.64 Å². The summed E-state index contributed by atoms with van der Waals surface area (Å²) < 4.78 is 5.48. The Morgan fingerprint density at radius 1 is 1.11 bits per heavy atom. The SMILES string of the molecule is COc1ccccc1-c1csc(C2CCN(c3cc(C)c(C)nn3)CC2)n1. The molecule has 6 heteroatoms. The monoisotopic (exact) mass is 380 g/mol. The van der Waals surface area contributed by atoms with Gasteiger partial charge in [0.15, 0.2) is 5.82 Å². The summed E-state index contributed by atoms with van der Waals surface area (Å²) in [5.74, 6) is 2.37. The van der Waals surface area contributed by atoms with E-state index in [1.807, 2.05) is 25.1 Å². The minimum atomic E-state index is 0.509. The van der Waals surface area contributed by atoms with Crippen molar-refractivity contribution in [2.75, 3.05) is 25.1 Å². The molecule has 27 heavy (non-hydrogen) atoms. The van der Waals surface area contributed by atoms with Crippen LogP contribution < -0.4 is 9.64 Å². The van der Waals surface area contributed by atoms with E-state index in [-0.39, 0.29) is 0 Å². The number of para-hydroxylation sites is 1. The third-order valence-electron chi connectivity index (χ3n) is 5.29. The van der Waals surface area contributed by atoms with E-state index in [0.717, 1.165) is 54.4 Å². The normalized spacial score (nSPS) is 15.1. The van der Waals surface area contributed by atoms with Crippen molar-refractivity contribution in [1.29, 1.82) is 0 Å². The topological polar surface area (TPSA) is 51.1 Å². The fraction of sp³-hybridized carbons (Fsp3) is 0.381. The molecule has 0 N–H and O–H groups in total. The highest BCUT2D eigenvalue weighted by atomic mass is 32.1.